The summed E-state index contributed by atoms with van der Waals surface area (Å²) >= 11 is 0. The van der Waals surface area contributed by atoms with Gasteiger partial charge in [0.25, 0.3) is 10.0 Å². The number of pyridine rings is 1. The number of nitrogens with zero attached hydrogens (tertiary/aromatic N) is 3. The molecule has 0 amide bonds. The van der Waals surface area contributed by atoms with Crippen molar-refractivity contribution in [1.29, 1.82) is 0 Å². The molecule has 0 spiro atoms. The van der Waals surface area contributed by atoms with Crippen LogP contribution in [0.4, 0.5) is 0 Å². The maximum absolute atomic E-state index is 13.0. The summed E-state index contributed by atoms with van der Waals surface area (Å²) in [6, 6.07) is 13.8. The summed E-state index contributed by atoms with van der Waals surface area (Å²) < 4.78 is 27.5. The van der Waals surface area contributed by atoms with E-state index in [1.54, 1.807) is 22.6 Å². The summed E-state index contributed by atoms with van der Waals surface area (Å²) in [5.74, 6) is 0.359. The van der Waals surface area contributed by atoms with E-state index in [0.717, 1.165) is 18.5 Å². The van der Waals surface area contributed by atoms with Gasteiger partial charge in [-0.05, 0) is 36.5 Å². The molecule has 1 unspecified atom stereocenters. The van der Waals surface area contributed by atoms with E-state index in [2.05, 4.69) is 22.1 Å². The molecule has 5 nitrogen and oxygen atoms in total. The lowest BCUT2D eigenvalue weighted by Crippen LogP contribution is -2.34. The molecular weight excluding hydrogens is 322 g/mol. The van der Waals surface area contributed by atoms with Crippen molar-refractivity contribution in [2.45, 2.75) is 19.4 Å². The van der Waals surface area contributed by atoms with Gasteiger partial charge in [-0.2, -0.15) is 4.31 Å². The summed E-state index contributed by atoms with van der Waals surface area (Å²) in [5.41, 5.74) is 2.66. The Morgan fingerprint density at radius 2 is 1.96 bits per heavy atom. The van der Waals surface area contributed by atoms with Crippen LogP contribution < -0.4 is 0 Å². The standard InChI is InChI=1S/C18H19N3O2S/c22-24(23,18-16-7-4-9-19-17(16)12-20-18)21-10-8-15(13-21)11-14-5-2-1-3-6-14/h1-7,9,15H,8,10-13H2. The van der Waals surface area contributed by atoms with E-state index in [4.69, 9.17) is 0 Å². The number of hydrogen-bond acceptors (Lipinski definition) is 4. The van der Waals surface area contributed by atoms with Gasteiger partial charge in [-0.15, -0.1) is 0 Å². The number of fused-ring (bicyclic) bond motifs is 1. The Kier molecular flexibility index (Phi) is 3.94. The number of aliphatic imine (C=N–C) groups is 1. The minimum absolute atomic E-state index is 0.186. The molecule has 2 aromatic rings. The van der Waals surface area contributed by atoms with Crippen LogP contribution in [0.3, 0.4) is 0 Å². The van der Waals surface area contributed by atoms with E-state index in [1.807, 2.05) is 18.2 Å². The number of aromatic nitrogens is 1. The van der Waals surface area contributed by atoms with Crippen molar-refractivity contribution in [3.05, 3.63) is 65.5 Å². The van der Waals surface area contributed by atoms with Gasteiger partial charge in [0.2, 0.25) is 0 Å². The molecule has 24 heavy (non-hydrogen) atoms. The molecule has 124 valence electrons. The Balaban J connectivity index is 1.51. The first-order chi connectivity index (χ1) is 11.6. The van der Waals surface area contributed by atoms with Gasteiger partial charge in [0.05, 0.1) is 12.2 Å². The fraction of sp³-hybridized carbons (Fsp3) is 0.333. The lowest BCUT2D eigenvalue weighted by atomic mass is 9.99. The maximum Gasteiger partial charge on any atom is 0.260 e. The van der Waals surface area contributed by atoms with Gasteiger partial charge >= 0.3 is 0 Å². The normalized spacial score (nSPS) is 20.8. The van der Waals surface area contributed by atoms with Crippen LogP contribution in [0.15, 0.2) is 53.7 Å². The van der Waals surface area contributed by atoms with Crippen LogP contribution in [0.2, 0.25) is 0 Å². The van der Waals surface area contributed by atoms with E-state index in [9.17, 15) is 8.42 Å². The summed E-state index contributed by atoms with van der Waals surface area (Å²) in [6.45, 7) is 1.48. The molecule has 2 aliphatic rings. The summed E-state index contributed by atoms with van der Waals surface area (Å²) in [6.07, 6.45) is 3.48. The lowest BCUT2D eigenvalue weighted by molar-refractivity contribution is 0.465. The Morgan fingerprint density at radius 3 is 2.79 bits per heavy atom. The molecule has 2 aliphatic heterocycles. The molecule has 1 saturated heterocycles. The molecule has 1 atom stereocenters. The first-order valence-corrected chi connectivity index (χ1v) is 9.61. The first kappa shape index (κ1) is 15.5. The van der Waals surface area contributed by atoms with Gasteiger partial charge in [-0.3, -0.25) is 9.98 Å². The third kappa shape index (κ3) is 2.76. The third-order valence-corrected chi connectivity index (χ3v) is 6.54. The average Bonchev–Trinajstić information content (AvgIpc) is 3.23. The van der Waals surface area contributed by atoms with Gasteiger partial charge in [-0.25, -0.2) is 8.42 Å². The van der Waals surface area contributed by atoms with Gasteiger partial charge in [0.15, 0.2) is 5.04 Å². The van der Waals surface area contributed by atoms with E-state index >= 15 is 0 Å². The third-order valence-electron chi connectivity index (χ3n) is 4.69. The van der Waals surface area contributed by atoms with Crippen molar-refractivity contribution in [3.63, 3.8) is 0 Å². The molecule has 6 heteroatoms. The van der Waals surface area contributed by atoms with E-state index < -0.39 is 10.0 Å². The molecule has 0 bridgehead atoms. The van der Waals surface area contributed by atoms with Crippen molar-refractivity contribution in [3.8, 4) is 0 Å². The topological polar surface area (TPSA) is 62.6 Å². The van der Waals surface area contributed by atoms with Crippen molar-refractivity contribution >= 4 is 15.1 Å². The highest BCUT2D eigenvalue weighted by Gasteiger charge is 2.37. The average molecular weight is 341 g/mol. The predicted octanol–water partition coefficient (Wildman–Crippen LogP) is 2.24. The van der Waals surface area contributed by atoms with Crippen LogP contribution in [-0.2, 0) is 23.0 Å². The van der Waals surface area contributed by atoms with Gasteiger partial charge in [0, 0.05) is 24.8 Å². The molecule has 0 radical (unpaired) electrons. The molecule has 1 aromatic heterocycles. The quantitative estimate of drug-likeness (QED) is 0.860. The van der Waals surface area contributed by atoms with Crippen molar-refractivity contribution < 1.29 is 8.42 Å². The summed E-state index contributed by atoms with van der Waals surface area (Å²) in [5, 5.41) is 0.186. The minimum atomic E-state index is -3.53. The fourth-order valence-electron chi connectivity index (χ4n) is 3.46. The van der Waals surface area contributed by atoms with Gasteiger partial charge in [-0.1, -0.05) is 30.3 Å². The van der Waals surface area contributed by atoms with Crippen LogP contribution in [0.1, 0.15) is 23.2 Å². The Morgan fingerprint density at radius 1 is 1.12 bits per heavy atom. The number of sulfonamides is 1. The van der Waals surface area contributed by atoms with Crippen LogP contribution in [-0.4, -0.2) is 35.8 Å². The van der Waals surface area contributed by atoms with E-state index in [1.165, 1.54) is 5.56 Å². The first-order valence-electron chi connectivity index (χ1n) is 8.17. The lowest BCUT2D eigenvalue weighted by Gasteiger charge is -2.17. The summed E-state index contributed by atoms with van der Waals surface area (Å²) in [4.78, 5) is 8.48. The smallest absolute Gasteiger partial charge is 0.260 e. The highest BCUT2D eigenvalue weighted by Crippen LogP contribution is 2.27. The zero-order chi connectivity index (χ0) is 16.6. The van der Waals surface area contributed by atoms with E-state index in [-0.39, 0.29) is 5.04 Å². The van der Waals surface area contributed by atoms with Crippen molar-refractivity contribution in [1.82, 2.24) is 9.29 Å². The molecule has 4 rings (SSSR count). The minimum Gasteiger partial charge on any atom is -0.265 e. The van der Waals surface area contributed by atoms with Gasteiger partial charge in [0.1, 0.15) is 0 Å². The Bertz CT molecular complexity index is 878. The number of hydrogen-bond donors (Lipinski definition) is 0. The second kappa shape index (κ2) is 6.11. The number of benzene rings is 1. The van der Waals surface area contributed by atoms with Crippen LogP contribution in [0.5, 0.6) is 0 Å². The molecule has 0 N–H and O–H groups in total. The molecular formula is C18H19N3O2S. The van der Waals surface area contributed by atoms with E-state index in [0.29, 0.717) is 31.1 Å². The maximum atomic E-state index is 13.0. The highest BCUT2D eigenvalue weighted by molar-refractivity contribution is 8.05. The fourth-order valence-corrected chi connectivity index (χ4v) is 5.15. The van der Waals surface area contributed by atoms with Crippen molar-refractivity contribution in [2.24, 2.45) is 10.9 Å². The molecule has 1 aromatic carbocycles. The second-order valence-electron chi connectivity index (χ2n) is 6.33. The largest absolute Gasteiger partial charge is 0.265 e. The van der Waals surface area contributed by atoms with Crippen molar-refractivity contribution in [2.75, 3.05) is 13.1 Å². The molecule has 0 saturated carbocycles. The zero-order valence-corrected chi connectivity index (χ0v) is 14.1. The molecule has 0 aliphatic carbocycles. The zero-order valence-electron chi connectivity index (χ0n) is 13.3. The Labute approximate surface area is 142 Å². The second-order valence-corrected chi connectivity index (χ2v) is 8.18. The molecule has 3 heterocycles. The monoisotopic (exact) mass is 341 g/mol. The highest BCUT2D eigenvalue weighted by atomic mass is 32.2. The molecule has 1 fully saturated rings. The van der Waals surface area contributed by atoms with Crippen LogP contribution in [0.25, 0.3) is 0 Å². The predicted molar refractivity (Wildman–Crippen MR) is 93.2 cm³/mol. The van der Waals surface area contributed by atoms with Gasteiger partial charge < -0.3 is 0 Å². The number of rotatable bonds is 3. The van der Waals surface area contributed by atoms with Crippen LogP contribution in [0, 0.1) is 5.92 Å². The summed E-state index contributed by atoms with van der Waals surface area (Å²) in [7, 11) is -3.53. The SMILES string of the molecule is O=S(=O)(C1=NCc2ncccc21)N1CCC(Cc2ccccc2)C1. The van der Waals surface area contributed by atoms with Crippen LogP contribution >= 0.6 is 0 Å². The Hall–Kier alpha value is -2.05.